The van der Waals surface area contributed by atoms with Gasteiger partial charge in [-0.25, -0.2) is 0 Å². The number of hydrogen-bond donors (Lipinski definition) is 1. The molecule has 0 saturated carbocycles. The fourth-order valence-electron chi connectivity index (χ4n) is 1.65. The molecule has 0 aromatic heterocycles. The van der Waals surface area contributed by atoms with E-state index in [0.29, 0.717) is 5.92 Å². The molecule has 1 rings (SSSR count). The molecule has 1 aromatic carbocycles. The molecule has 82 valence electrons. The summed E-state index contributed by atoms with van der Waals surface area (Å²) in [6.07, 6.45) is 0.231. The van der Waals surface area contributed by atoms with Crippen LogP contribution in [0.2, 0.25) is 0 Å². The summed E-state index contributed by atoms with van der Waals surface area (Å²) in [4.78, 5) is 10.6. The molecule has 0 heterocycles. The zero-order valence-electron chi connectivity index (χ0n) is 9.53. The minimum absolute atomic E-state index is 0.171. The van der Waals surface area contributed by atoms with E-state index in [4.69, 9.17) is 5.11 Å². The monoisotopic (exact) mass is 206 g/mol. The number of aryl methyl sites for hydroxylation is 1. The van der Waals surface area contributed by atoms with Gasteiger partial charge in [-0.05, 0) is 24.3 Å². The summed E-state index contributed by atoms with van der Waals surface area (Å²) in [7, 11) is 0. The quantitative estimate of drug-likeness (QED) is 0.821. The molecule has 0 amide bonds. The van der Waals surface area contributed by atoms with Crippen LogP contribution in [0.15, 0.2) is 24.3 Å². The maximum absolute atomic E-state index is 10.6. The van der Waals surface area contributed by atoms with Gasteiger partial charge in [0, 0.05) is 6.42 Å². The lowest BCUT2D eigenvalue weighted by Gasteiger charge is -2.18. The summed E-state index contributed by atoms with van der Waals surface area (Å²) in [5.74, 6) is -0.256. The minimum Gasteiger partial charge on any atom is -0.481 e. The topological polar surface area (TPSA) is 37.3 Å². The number of rotatable bonds is 4. The highest BCUT2D eigenvalue weighted by Crippen LogP contribution is 2.26. The van der Waals surface area contributed by atoms with E-state index in [1.54, 1.807) is 0 Å². The van der Waals surface area contributed by atoms with Crippen molar-refractivity contribution in [1.29, 1.82) is 0 Å². The van der Waals surface area contributed by atoms with Crippen molar-refractivity contribution in [3.63, 3.8) is 0 Å². The fraction of sp³-hybridized carbons (Fsp3) is 0.462. The molecular weight excluding hydrogens is 188 g/mol. The van der Waals surface area contributed by atoms with Crippen molar-refractivity contribution >= 4 is 5.97 Å². The van der Waals surface area contributed by atoms with Crippen LogP contribution in [0.1, 0.15) is 37.3 Å². The van der Waals surface area contributed by atoms with Gasteiger partial charge in [0.2, 0.25) is 0 Å². The second-order valence-corrected chi connectivity index (χ2v) is 4.27. The third-order valence-electron chi connectivity index (χ3n) is 2.95. The molecule has 0 bridgehead atoms. The minimum atomic E-state index is -0.721. The van der Waals surface area contributed by atoms with Gasteiger partial charge in [-0.15, -0.1) is 0 Å². The van der Waals surface area contributed by atoms with Gasteiger partial charge in [-0.1, -0.05) is 43.7 Å². The molecular formula is C13H18O2. The smallest absolute Gasteiger partial charge is 0.303 e. The third-order valence-corrected chi connectivity index (χ3v) is 2.95. The highest BCUT2D eigenvalue weighted by atomic mass is 16.4. The number of carbonyl (C=O) groups is 1. The fourth-order valence-corrected chi connectivity index (χ4v) is 1.65. The largest absolute Gasteiger partial charge is 0.481 e. The second-order valence-electron chi connectivity index (χ2n) is 4.27. The Morgan fingerprint density at radius 3 is 2.27 bits per heavy atom. The molecule has 0 aliphatic heterocycles. The average molecular weight is 206 g/mol. The average Bonchev–Trinajstić information content (AvgIpc) is 2.17. The van der Waals surface area contributed by atoms with Gasteiger partial charge in [0.1, 0.15) is 0 Å². The number of carboxylic acids is 1. The molecule has 2 atom stereocenters. The maximum Gasteiger partial charge on any atom is 0.303 e. The van der Waals surface area contributed by atoms with Crippen LogP contribution in [-0.2, 0) is 4.79 Å². The number of benzene rings is 1. The summed E-state index contributed by atoms with van der Waals surface area (Å²) in [5.41, 5.74) is 2.45. The molecule has 15 heavy (non-hydrogen) atoms. The lowest BCUT2D eigenvalue weighted by atomic mass is 9.86. The van der Waals surface area contributed by atoms with Crippen LogP contribution in [0.3, 0.4) is 0 Å². The van der Waals surface area contributed by atoms with Crippen molar-refractivity contribution in [3.05, 3.63) is 35.4 Å². The van der Waals surface area contributed by atoms with Crippen LogP contribution in [0.4, 0.5) is 0 Å². The van der Waals surface area contributed by atoms with E-state index in [-0.39, 0.29) is 12.3 Å². The van der Waals surface area contributed by atoms with E-state index in [1.807, 2.05) is 6.92 Å². The van der Waals surface area contributed by atoms with Gasteiger partial charge >= 0.3 is 5.97 Å². The van der Waals surface area contributed by atoms with Crippen molar-refractivity contribution in [2.45, 2.75) is 33.1 Å². The van der Waals surface area contributed by atoms with Crippen LogP contribution in [0.5, 0.6) is 0 Å². The standard InChI is InChI=1S/C13H18O2/c1-9-4-6-12(7-5-9)11(3)10(2)8-13(14)15/h4-7,10-11H,8H2,1-3H3,(H,14,15). The van der Waals surface area contributed by atoms with Gasteiger partial charge < -0.3 is 5.11 Å². The van der Waals surface area contributed by atoms with E-state index in [0.717, 1.165) is 0 Å². The third kappa shape index (κ3) is 3.39. The van der Waals surface area contributed by atoms with Gasteiger partial charge in [0.05, 0.1) is 0 Å². The highest BCUT2D eigenvalue weighted by molar-refractivity contribution is 5.67. The summed E-state index contributed by atoms with van der Waals surface area (Å²) in [5, 5.41) is 8.72. The molecule has 2 unspecified atom stereocenters. The molecule has 1 N–H and O–H groups in total. The van der Waals surface area contributed by atoms with Crippen molar-refractivity contribution in [3.8, 4) is 0 Å². The Kier molecular flexibility index (Phi) is 3.89. The van der Waals surface area contributed by atoms with E-state index >= 15 is 0 Å². The summed E-state index contributed by atoms with van der Waals surface area (Å²) >= 11 is 0. The first-order chi connectivity index (χ1) is 7.00. The van der Waals surface area contributed by atoms with E-state index < -0.39 is 5.97 Å². The lowest BCUT2D eigenvalue weighted by molar-refractivity contribution is -0.138. The van der Waals surface area contributed by atoms with Crippen molar-refractivity contribution in [2.75, 3.05) is 0 Å². The molecule has 0 saturated heterocycles. The number of carboxylic acid groups (broad SMARTS) is 1. The van der Waals surface area contributed by atoms with Crippen LogP contribution >= 0.6 is 0 Å². The molecule has 1 aromatic rings. The first kappa shape index (κ1) is 11.8. The van der Waals surface area contributed by atoms with Gasteiger partial charge in [-0.2, -0.15) is 0 Å². The molecule has 0 fully saturated rings. The zero-order chi connectivity index (χ0) is 11.4. The Morgan fingerprint density at radius 2 is 1.80 bits per heavy atom. The van der Waals surface area contributed by atoms with Crippen molar-refractivity contribution in [2.24, 2.45) is 5.92 Å². The normalized spacial score (nSPS) is 14.6. The van der Waals surface area contributed by atoms with E-state index in [1.165, 1.54) is 11.1 Å². The van der Waals surface area contributed by atoms with Gasteiger partial charge in [0.25, 0.3) is 0 Å². The Morgan fingerprint density at radius 1 is 1.27 bits per heavy atom. The van der Waals surface area contributed by atoms with Gasteiger partial charge in [0.15, 0.2) is 0 Å². The van der Waals surface area contributed by atoms with E-state index in [2.05, 4.69) is 38.1 Å². The molecule has 0 aliphatic rings. The number of aliphatic carboxylic acids is 1. The maximum atomic E-state index is 10.6. The Balaban J connectivity index is 2.71. The van der Waals surface area contributed by atoms with Crippen LogP contribution < -0.4 is 0 Å². The van der Waals surface area contributed by atoms with Crippen LogP contribution in [0, 0.1) is 12.8 Å². The SMILES string of the molecule is Cc1ccc(C(C)C(C)CC(=O)O)cc1. The molecule has 0 aliphatic carbocycles. The zero-order valence-corrected chi connectivity index (χ0v) is 9.53. The van der Waals surface area contributed by atoms with Crippen molar-refractivity contribution in [1.82, 2.24) is 0 Å². The first-order valence-electron chi connectivity index (χ1n) is 5.29. The van der Waals surface area contributed by atoms with E-state index in [9.17, 15) is 4.79 Å². The predicted octanol–water partition coefficient (Wildman–Crippen LogP) is 3.21. The first-order valence-corrected chi connectivity index (χ1v) is 5.29. The lowest BCUT2D eigenvalue weighted by Crippen LogP contribution is -2.11. The Labute approximate surface area is 90.9 Å². The highest BCUT2D eigenvalue weighted by Gasteiger charge is 2.16. The van der Waals surface area contributed by atoms with Crippen molar-refractivity contribution < 1.29 is 9.90 Å². The summed E-state index contributed by atoms with van der Waals surface area (Å²) in [6, 6.07) is 8.30. The second kappa shape index (κ2) is 4.96. The molecule has 2 nitrogen and oxygen atoms in total. The number of hydrogen-bond acceptors (Lipinski definition) is 1. The Hall–Kier alpha value is -1.31. The van der Waals surface area contributed by atoms with Crippen LogP contribution in [-0.4, -0.2) is 11.1 Å². The molecule has 0 spiro atoms. The summed E-state index contributed by atoms with van der Waals surface area (Å²) < 4.78 is 0. The van der Waals surface area contributed by atoms with Crippen LogP contribution in [0.25, 0.3) is 0 Å². The predicted molar refractivity (Wildman–Crippen MR) is 61.0 cm³/mol. The summed E-state index contributed by atoms with van der Waals surface area (Å²) in [6.45, 7) is 6.12. The molecule has 0 radical (unpaired) electrons. The van der Waals surface area contributed by atoms with Gasteiger partial charge in [-0.3, -0.25) is 4.79 Å². The molecule has 2 heteroatoms. The Bertz CT molecular complexity index is 327.